The second kappa shape index (κ2) is 7.28. The Kier molecular flexibility index (Phi) is 5.27. The molecule has 1 aromatic rings. The summed E-state index contributed by atoms with van der Waals surface area (Å²) in [6, 6.07) is 7.66. The maximum atomic E-state index is 12.7. The number of aryl methyl sites for hydroxylation is 1. The number of carbonyl (C=O) groups excluding carboxylic acids is 2. The summed E-state index contributed by atoms with van der Waals surface area (Å²) in [6.45, 7) is 7.19. The van der Waals surface area contributed by atoms with Crippen molar-refractivity contribution in [2.75, 3.05) is 18.8 Å². The van der Waals surface area contributed by atoms with Gasteiger partial charge in [-0.3, -0.25) is 9.59 Å². The van der Waals surface area contributed by atoms with E-state index in [1.54, 1.807) is 11.8 Å². The van der Waals surface area contributed by atoms with Crippen molar-refractivity contribution in [3.8, 4) is 5.75 Å². The lowest BCUT2D eigenvalue weighted by molar-refractivity contribution is -0.138. The van der Waals surface area contributed by atoms with Crippen LogP contribution in [0.2, 0.25) is 0 Å². The zero-order valence-corrected chi connectivity index (χ0v) is 15.9. The quantitative estimate of drug-likeness (QED) is 0.897. The van der Waals surface area contributed by atoms with Gasteiger partial charge in [-0.25, -0.2) is 0 Å². The maximum Gasteiger partial charge on any atom is 0.246 e. The highest BCUT2D eigenvalue weighted by Gasteiger charge is 2.39. The van der Waals surface area contributed by atoms with Gasteiger partial charge in [0.05, 0.1) is 4.75 Å². The Morgan fingerprint density at radius 3 is 2.48 bits per heavy atom. The van der Waals surface area contributed by atoms with Gasteiger partial charge in [-0.15, -0.1) is 11.8 Å². The fourth-order valence-electron chi connectivity index (χ4n) is 3.09. The van der Waals surface area contributed by atoms with Crippen LogP contribution in [-0.2, 0) is 9.59 Å². The first kappa shape index (κ1) is 18.1. The molecule has 25 heavy (non-hydrogen) atoms. The summed E-state index contributed by atoms with van der Waals surface area (Å²) in [5, 5.41) is 2.88. The smallest absolute Gasteiger partial charge is 0.246 e. The van der Waals surface area contributed by atoms with Crippen molar-refractivity contribution < 1.29 is 14.3 Å². The summed E-state index contributed by atoms with van der Waals surface area (Å²) in [7, 11) is 0. The number of rotatable bonds is 3. The zero-order valence-electron chi connectivity index (χ0n) is 15.1. The Morgan fingerprint density at radius 1 is 1.24 bits per heavy atom. The molecule has 0 radical (unpaired) electrons. The van der Waals surface area contributed by atoms with Crippen LogP contribution >= 0.6 is 11.8 Å². The monoisotopic (exact) mass is 362 g/mol. The van der Waals surface area contributed by atoms with E-state index in [0.717, 1.165) is 18.6 Å². The van der Waals surface area contributed by atoms with E-state index >= 15 is 0 Å². The normalized spacial score (nSPS) is 23.9. The lowest BCUT2D eigenvalue weighted by Crippen LogP contribution is -2.58. The Hall–Kier alpha value is -1.69. The SMILES string of the molecule is Cc1ccc(OC2CCN(C(=O)[C@H]3CSC(C)(C)C(=O)N3)CC2)cc1. The number of hydrogen-bond donors (Lipinski definition) is 1. The standard InChI is InChI=1S/C19H26N2O3S/c1-13-4-6-14(7-5-13)24-15-8-10-21(11-9-15)17(22)16-12-25-19(2,3)18(23)20-16/h4-7,15-16H,8-12H2,1-3H3,(H,20,23)/t16-/m1/s1. The third kappa shape index (κ3) is 4.29. The molecular weight excluding hydrogens is 336 g/mol. The van der Waals surface area contributed by atoms with E-state index in [9.17, 15) is 9.59 Å². The molecule has 0 aromatic heterocycles. The van der Waals surface area contributed by atoms with E-state index in [-0.39, 0.29) is 17.9 Å². The molecule has 1 aromatic carbocycles. The molecule has 0 aliphatic carbocycles. The van der Waals surface area contributed by atoms with Crippen molar-refractivity contribution >= 4 is 23.6 Å². The van der Waals surface area contributed by atoms with Crippen molar-refractivity contribution in [1.82, 2.24) is 10.2 Å². The predicted octanol–water partition coefficient (Wildman–Crippen LogP) is 2.38. The molecule has 2 aliphatic rings. The van der Waals surface area contributed by atoms with E-state index in [0.29, 0.717) is 18.8 Å². The topological polar surface area (TPSA) is 58.6 Å². The van der Waals surface area contributed by atoms with Gasteiger partial charge in [-0.05, 0) is 32.9 Å². The maximum absolute atomic E-state index is 12.7. The van der Waals surface area contributed by atoms with E-state index in [1.165, 1.54) is 5.56 Å². The highest BCUT2D eigenvalue weighted by Crippen LogP contribution is 2.30. The Labute approximate surface area is 153 Å². The summed E-state index contributed by atoms with van der Waals surface area (Å²) in [5.41, 5.74) is 1.21. The molecule has 2 amide bonds. The van der Waals surface area contributed by atoms with Crippen molar-refractivity contribution in [1.29, 1.82) is 0 Å². The van der Waals surface area contributed by atoms with Crippen molar-refractivity contribution in [2.24, 2.45) is 0 Å². The minimum Gasteiger partial charge on any atom is -0.490 e. The van der Waals surface area contributed by atoms with Crippen LogP contribution in [0, 0.1) is 6.92 Å². The fraction of sp³-hybridized carbons (Fsp3) is 0.579. The number of hydrogen-bond acceptors (Lipinski definition) is 4. The van der Waals surface area contributed by atoms with Crippen LogP contribution in [0.4, 0.5) is 0 Å². The number of carbonyl (C=O) groups is 2. The lowest BCUT2D eigenvalue weighted by Gasteiger charge is -2.38. The zero-order chi connectivity index (χ0) is 18.0. The number of ether oxygens (including phenoxy) is 1. The van der Waals surface area contributed by atoms with Crippen LogP contribution in [0.15, 0.2) is 24.3 Å². The number of nitrogens with zero attached hydrogens (tertiary/aromatic N) is 1. The molecule has 2 fully saturated rings. The lowest BCUT2D eigenvalue weighted by atomic mass is 10.1. The molecule has 1 N–H and O–H groups in total. The van der Waals surface area contributed by atoms with Crippen LogP contribution in [0.25, 0.3) is 0 Å². The molecule has 0 spiro atoms. The molecule has 5 nitrogen and oxygen atoms in total. The van der Waals surface area contributed by atoms with Crippen LogP contribution in [0.1, 0.15) is 32.3 Å². The molecule has 0 saturated carbocycles. The van der Waals surface area contributed by atoms with Crippen LogP contribution in [0.5, 0.6) is 5.75 Å². The van der Waals surface area contributed by atoms with Gasteiger partial charge < -0.3 is 15.0 Å². The molecule has 0 unspecified atom stereocenters. The van der Waals surface area contributed by atoms with E-state index in [4.69, 9.17) is 4.74 Å². The van der Waals surface area contributed by atoms with Crippen LogP contribution in [-0.4, -0.2) is 52.4 Å². The number of piperidine rings is 1. The highest BCUT2D eigenvalue weighted by atomic mass is 32.2. The first-order valence-electron chi connectivity index (χ1n) is 8.82. The second-order valence-electron chi connectivity index (χ2n) is 7.30. The van der Waals surface area contributed by atoms with Crippen LogP contribution in [0.3, 0.4) is 0 Å². The third-order valence-electron chi connectivity index (χ3n) is 4.84. The van der Waals surface area contributed by atoms with E-state index < -0.39 is 10.8 Å². The molecule has 0 bridgehead atoms. The number of benzene rings is 1. The largest absolute Gasteiger partial charge is 0.490 e. The average Bonchev–Trinajstić information content (AvgIpc) is 2.59. The minimum atomic E-state index is -0.453. The predicted molar refractivity (Wildman–Crippen MR) is 99.9 cm³/mol. The molecule has 2 heterocycles. The van der Waals surface area contributed by atoms with Gasteiger partial charge in [0, 0.05) is 31.7 Å². The average molecular weight is 362 g/mol. The van der Waals surface area contributed by atoms with Gasteiger partial charge in [0.15, 0.2) is 0 Å². The first-order valence-corrected chi connectivity index (χ1v) is 9.81. The number of nitrogens with one attached hydrogen (secondary N) is 1. The Balaban J connectivity index is 1.49. The summed E-state index contributed by atoms with van der Waals surface area (Å²) in [5.74, 6) is 1.50. The van der Waals surface area contributed by atoms with Crippen molar-refractivity contribution in [3.63, 3.8) is 0 Å². The summed E-state index contributed by atoms with van der Waals surface area (Å²) >= 11 is 1.55. The minimum absolute atomic E-state index is 0.0325. The van der Waals surface area contributed by atoms with Crippen molar-refractivity contribution in [3.05, 3.63) is 29.8 Å². The summed E-state index contributed by atoms with van der Waals surface area (Å²) in [4.78, 5) is 26.6. The van der Waals surface area contributed by atoms with Gasteiger partial charge in [0.2, 0.25) is 11.8 Å². The number of amides is 2. The van der Waals surface area contributed by atoms with Gasteiger partial charge in [-0.2, -0.15) is 0 Å². The molecule has 6 heteroatoms. The first-order chi connectivity index (χ1) is 11.8. The van der Waals surface area contributed by atoms with E-state index in [2.05, 4.69) is 12.2 Å². The van der Waals surface area contributed by atoms with Gasteiger partial charge in [0.25, 0.3) is 0 Å². The van der Waals surface area contributed by atoms with E-state index in [1.807, 2.05) is 43.0 Å². The number of likely N-dealkylation sites (tertiary alicyclic amines) is 1. The third-order valence-corrected chi connectivity index (χ3v) is 6.25. The number of thioether (sulfide) groups is 1. The molecule has 3 rings (SSSR count). The Bertz CT molecular complexity index is 637. The van der Waals surface area contributed by atoms with Gasteiger partial charge >= 0.3 is 0 Å². The molecule has 2 saturated heterocycles. The molecule has 136 valence electrons. The summed E-state index contributed by atoms with van der Waals surface area (Å²) in [6.07, 6.45) is 1.78. The van der Waals surface area contributed by atoms with Crippen molar-refractivity contribution in [2.45, 2.75) is 50.5 Å². The summed E-state index contributed by atoms with van der Waals surface area (Å²) < 4.78 is 5.56. The Morgan fingerprint density at radius 2 is 1.88 bits per heavy atom. The van der Waals surface area contributed by atoms with Crippen LogP contribution < -0.4 is 10.1 Å². The van der Waals surface area contributed by atoms with Gasteiger partial charge in [-0.1, -0.05) is 17.7 Å². The molecule has 1 atom stereocenters. The fourth-order valence-corrected chi connectivity index (χ4v) is 4.09. The molecular formula is C19H26N2O3S. The second-order valence-corrected chi connectivity index (χ2v) is 8.95. The highest BCUT2D eigenvalue weighted by molar-refractivity contribution is 8.01. The van der Waals surface area contributed by atoms with Gasteiger partial charge in [0.1, 0.15) is 17.9 Å². The molecule has 2 aliphatic heterocycles.